The van der Waals surface area contributed by atoms with Crippen LogP contribution in [0, 0.1) is 0 Å². The summed E-state index contributed by atoms with van der Waals surface area (Å²) in [6, 6.07) is 11.4. The molecule has 0 unspecified atom stereocenters. The summed E-state index contributed by atoms with van der Waals surface area (Å²) in [6.45, 7) is 0.219. The summed E-state index contributed by atoms with van der Waals surface area (Å²) in [5.74, 6) is -0.184. The molecule has 30 heavy (non-hydrogen) atoms. The largest absolute Gasteiger partial charge is 0.495 e. The van der Waals surface area contributed by atoms with Crippen molar-refractivity contribution in [3.8, 4) is 5.75 Å². The van der Waals surface area contributed by atoms with E-state index in [4.69, 9.17) is 16.3 Å². The molecule has 2 aromatic rings. The van der Waals surface area contributed by atoms with Crippen LogP contribution >= 0.6 is 11.6 Å². The quantitative estimate of drug-likeness (QED) is 0.698. The molecule has 1 heterocycles. The van der Waals surface area contributed by atoms with E-state index in [1.165, 1.54) is 19.2 Å². The lowest BCUT2D eigenvalue weighted by atomic mass is 10.2. The molecule has 1 aliphatic heterocycles. The molecule has 2 aromatic carbocycles. The van der Waals surface area contributed by atoms with Crippen LogP contribution in [0.4, 0.5) is 17.1 Å². The Balaban J connectivity index is 1.76. The average Bonchev–Trinajstić information content (AvgIpc) is 3.12. The monoisotopic (exact) mass is 451 g/mol. The standard InChI is InChI=1S/C20H22ClN3O5S/c1-29-18-10-5-14(21)12-17(18)24(30(2,27)28)13-19(25)22-15-6-8-16(9-7-15)23-11-3-4-20(23)26/h5-10,12H,3-4,11,13H2,1-2H3,(H,22,25). The molecule has 0 atom stereocenters. The molecule has 8 nitrogen and oxygen atoms in total. The van der Waals surface area contributed by atoms with Crippen molar-refractivity contribution in [3.63, 3.8) is 0 Å². The summed E-state index contributed by atoms with van der Waals surface area (Å²) < 4.78 is 30.8. The minimum Gasteiger partial charge on any atom is -0.495 e. The maximum absolute atomic E-state index is 12.6. The third-order valence-corrected chi connectivity index (χ3v) is 5.99. The van der Waals surface area contributed by atoms with Gasteiger partial charge in [0.25, 0.3) is 0 Å². The number of halogens is 1. The van der Waals surface area contributed by atoms with Gasteiger partial charge in [-0.2, -0.15) is 0 Å². The lowest BCUT2D eigenvalue weighted by Gasteiger charge is -2.24. The number of benzene rings is 2. The van der Waals surface area contributed by atoms with Crippen LogP contribution in [0.25, 0.3) is 0 Å². The number of amides is 2. The Bertz CT molecular complexity index is 1060. The van der Waals surface area contributed by atoms with Crippen LogP contribution in [0.5, 0.6) is 5.75 Å². The zero-order valence-electron chi connectivity index (χ0n) is 16.6. The maximum atomic E-state index is 12.6. The van der Waals surface area contributed by atoms with E-state index in [0.717, 1.165) is 22.7 Å². The number of nitrogens with one attached hydrogen (secondary N) is 1. The van der Waals surface area contributed by atoms with Crippen LogP contribution in [-0.4, -0.2) is 46.7 Å². The van der Waals surface area contributed by atoms with Crippen molar-refractivity contribution in [1.29, 1.82) is 0 Å². The Labute approximate surface area is 180 Å². The Morgan fingerprint density at radius 3 is 2.50 bits per heavy atom. The van der Waals surface area contributed by atoms with Crippen LogP contribution in [-0.2, 0) is 19.6 Å². The fraction of sp³-hybridized carbons (Fsp3) is 0.300. The number of hydrogen-bond donors (Lipinski definition) is 1. The highest BCUT2D eigenvalue weighted by Crippen LogP contribution is 2.32. The number of carbonyl (C=O) groups excluding carboxylic acids is 2. The zero-order chi connectivity index (χ0) is 21.9. The zero-order valence-corrected chi connectivity index (χ0v) is 18.2. The highest BCUT2D eigenvalue weighted by atomic mass is 35.5. The molecule has 1 aliphatic rings. The SMILES string of the molecule is COc1ccc(Cl)cc1N(CC(=O)Nc1ccc(N2CCCC2=O)cc1)S(C)(=O)=O. The maximum Gasteiger partial charge on any atom is 0.245 e. The van der Waals surface area contributed by atoms with Crippen molar-refractivity contribution in [2.75, 3.05) is 41.0 Å². The second-order valence-corrected chi connectivity index (χ2v) is 9.17. The molecule has 0 radical (unpaired) electrons. The van der Waals surface area contributed by atoms with Gasteiger partial charge in [-0.25, -0.2) is 8.42 Å². The van der Waals surface area contributed by atoms with Crippen molar-refractivity contribution in [2.24, 2.45) is 0 Å². The van der Waals surface area contributed by atoms with Crippen LogP contribution in [0.15, 0.2) is 42.5 Å². The Morgan fingerprint density at radius 1 is 1.23 bits per heavy atom. The first-order valence-corrected chi connectivity index (χ1v) is 11.4. The van der Waals surface area contributed by atoms with Gasteiger partial charge in [-0.05, 0) is 48.9 Å². The van der Waals surface area contributed by atoms with Crippen molar-refractivity contribution < 1.29 is 22.7 Å². The number of nitrogens with zero attached hydrogens (tertiary/aromatic N) is 2. The van der Waals surface area contributed by atoms with E-state index in [9.17, 15) is 18.0 Å². The summed E-state index contributed by atoms with van der Waals surface area (Å²) >= 11 is 6.01. The van der Waals surface area contributed by atoms with Crippen LogP contribution in [0.2, 0.25) is 5.02 Å². The minimum atomic E-state index is -3.79. The average molecular weight is 452 g/mol. The number of anilines is 3. The Kier molecular flexibility index (Phi) is 6.52. The number of sulfonamides is 1. The predicted octanol–water partition coefficient (Wildman–Crippen LogP) is 2.88. The number of hydrogen-bond acceptors (Lipinski definition) is 5. The fourth-order valence-electron chi connectivity index (χ4n) is 3.22. The number of rotatable bonds is 7. The molecule has 1 N–H and O–H groups in total. The molecule has 3 rings (SSSR count). The van der Waals surface area contributed by atoms with Gasteiger partial charge in [0.15, 0.2) is 0 Å². The first-order valence-electron chi connectivity index (χ1n) is 9.20. The molecule has 0 aliphatic carbocycles. The summed E-state index contributed by atoms with van der Waals surface area (Å²) in [6.07, 6.45) is 2.36. The lowest BCUT2D eigenvalue weighted by molar-refractivity contribution is -0.117. The van der Waals surface area contributed by atoms with Gasteiger partial charge in [-0.1, -0.05) is 11.6 Å². The van der Waals surface area contributed by atoms with Gasteiger partial charge in [0, 0.05) is 29.4 Å². The van der Waals surface area contributed by atoms with Gasteiger partial charge in [-0.15, -0.1) is 0 Å². The topological polar surface area (TPSA) is 96.0 Å². The third-order valence-electron chi connectivity index (χ3n) is 4.63. The van der Waals surface area contributed by atoms with E-state index in [1.54, 1.807) is 35.2 Å². The van der Waals surface area contributed by atoms with Gasteiger partial charge in [-0.3, -0.25) is 13.9 Å². The lowest BCUT2D eigenvalue weighted by Crippen LogP contribution is -2.37. The van der Waals surface area contributed by atoms with E-state index in [0.29, 0.717) is 23.7 Å². The van der Waals surface area contributed by atoms with E-state index in [2.05, 4.69) is 5.32 Å². The van der Waals surface area contributed by atoms with Crippen LogP contribution in [0.3, 0.4) is 0 Å². The van der Waals surface area contributed by atoms with Crippen molar-refractivity contribution in [1.82, 2.24) is 0 Å². The van der Waals surface area contributed by atoms with E-state index < -0.39 is 22.5 Å². The molecule has 10 heteroatoms. The normalized spacial score (nSPS) is 14.0. The second kappa shape index (κ2) is 8.93. The summed E-state index contributed by atoms with van der Waals surface area (Å²) in [5, 5.41) is 2.99. The van der Waals surface area contributed by atoms with Crippen molar-refractivity contribution in [3.05, 3.63) is 47.5 Å². The van der Waals surface area contributed by atoms with E-state index >= 15 is 0 Å². The van der Waals surface area contributed by atoms with Gasteiger partial charge >= 0.3 is 0 Å². The molecule has 1 fully saturated rings. The summed E-state index contributed by atoms with van der Waals surface area (Å²) in [7, 11) is -2.39. The molecule has 0 bridgehead atoms. The van der Waals surface area contributed by atoms with Crippen LogP contribution in [0.1, 0.15) is 12.8 Å². The minimum absolute atomic E-state index is 0.0750. The third kappa shape index (κ3) is 5.03. The first kappa shape index (κ1) is 21.9. The molecule has 0 spiro atoms. The smallest absolute Gasteiger partial charge is 0.245 e. The summed E-state index contributed by atoms with van der Waals surface area (Å²) in [4.78, 5) is 26.1. The molecule has 0 aromatic heterocycles. The van der Waals surface area contributed by atoms with Crippen molar-refractivity contribution in [2.45, 2.75) is 12.8 Å². The van der Waals surface area contributed by atoms with E-state index in [1.807, 2.05) is 0 Å². The molecule has 2 amide bonds. The molecule has 1 saturated heterocycles. The number of ether oxygens (including phenoxy) is 1. The predicted molar refractivity (Wildman–Crippen MR) is 117 cm³/mol. The van der Waals surface area contributed by atoms with Gasteiger partial charge in [0.05, 0.1) is 19.1 Å². The Morgan fingerprint density at radius 2 is 1.93 bits per heavy atom. The second-order valence-electron chi connectivity index (χ2n) is 6.83. The molecule has 160 valence electrons. The van der Waals surface area contributed by atoms with Gasteiger partial charge < -0.3 is 15.0 Å². The van der Waals surface area contributed by atoms with Gasteiger partial charge in [0.2, 0.25) is 21.8 Å². The molecule has 0 saturated carbocycles. The van der Waals surface area contributed by atoms with Gasteiger partial charge in [0.1, 0.15) is 12.3 Å². The first-order chi connectivity index (χ1) is 14.2. The highest BCUT2D eigenvalue weighted by molar-refractivity contribution is 7.92. The fourth-order valence-corrected chi connectivity index (χ4v) is 4.23. The van der Waals surface area contributed by atoms with E-state index in [-0.39, 0.29) is 17.3 Å². The van der Waals surface area contributed by atoms with Crippen molar-refractivity contribution >= 4 is 50.5 Å². The number of carbonyl (C=O) groups is 2. The summed E-state index contributed by atoms with van der Waals surface area (Å²) in [5.41, 5.74) is 1.42. The highest BCUT2D eigenvalue weighted by Gasteiger charge is 2.25. The Hall–Kier alpha value is -2.78. The molecular formula is C20H22ClN3O5S. The number of methoxy groups -OCH3 is 1. The van der Waals surface area contributed by atoms with Crippen LogP contribution < -0.4 is 19.3 Å². The molecular weight excluding hydrogens is 430 g/mol.